The summed E-state index contributed by atoms with van der Waals surface area (Å²) < 4.78 is 5.39. The van der Waals surface area contributed by atoms with Crippen molar-refractivity contribution in [1.82, 2.24) is 10.6 Å². The van der Waals surface area contributed by atoms with Gasteiger partial charge in [-0.05, 0) is 19.3 Å². The molecule has 104 valence electrons. The van der Waals surface area contributed by atoms with Gasteiger partial charge in [0.25, 0.3) is 0 Å². The van der Waals surface area contributed by atoms with E-state index in [9.17, 15) is 9.59 Å². The number of aliphatic hydroxyl groups excluding tert-OH is 1. The highest BCUT2D eigenvalue weighted by Crippen LogP contribution is 2.14. The minimum absolute atomic E-state index is 0.00547. The van der Waals surface area contributed by atoms with Gasteiger partial charge in [-0.25, -0.2) is 9.59 Å². The lowest BCUT2D eigenvalue weighted by atomic mass is 10.2. The van der Waals surface area contributed by atoms with Crippen molar-refractivity contribution < 1.29 is 24.5 Å². The van der Waals surface area contributed by atoms with Gasteiger partial charge in [-0.15, -0.1) is 0 Å². The van der Waals surface area contributed by atoms with E-state index in [4.69, 9.17) is 14.9 Å². The number of nitrogens with one attached hydrogen (secondary N) is 2. The average molecular weight is 260 g/mol. The van der Waals surface area contributed by atoms with Gasteiger partial charge in [0.2, 0.25) is 0 Å². The summed E-state index contributed by atoms with van der Waals surface area (Å²) in [5.74, 6) is -1.15. The summed E-state index contributed by atoms with van der Waals surface area (Å²) in [7, 11) is 0. The molecule has 7 nitrogen and oxygen atoms in total. The number of carboxylic acids is 1. The van der Waals surface area contributed by atoms with Crippen LogP contribution in [0.25, 0.3) is 0 Å². The molecule has 0 saturated carbocycles. The van der Waals surface area contributed by atoms with E-state index in [1.54, 1.807) is 0 Å². The minimum atomic E-state index is -1.15. The van der Waals surface area contributed by atoms with Crippen LogP contribution in [0.4, 0.5) is 4.79 Å². The van der Waals surface area contributed by atoms with E-state index in [0.29, 0.717) is 6.54 Å². The number of urea groups is 1. The molecule has 1 fully saturated rings. The molecule has 1 rings (SSSR count). The molecule has 1 heterocycles. The number of amides is 2. The third-order valence-electron chi connectivity index (χ3n) is 2.80. The smallest absolute Gasteiger partial charge is 0.326 e. The predicted molar refractivity (Wildman–Crippen MR) is 63.3 cm³/mol. The molecule has 1 aliphatic rings. The first-order chi connectivity index (χ1) is 8.63. The van der Waals surface area contributed by atoms with Crippen molar-refractivity contribution in [1.29, 1.82) is 0 Å². The summed E-state index contributed by atoms with van der Waals surface area (Å²) in [6.45, 7) is 0.934. The molecule has 0 spiro atoms. The van der Waals surface area contributed by atoms with Crippen molar-refractivity contribution >= 4 is 12.0 Å². The van der Waals surface area contributed by atoms with E-state index < -0.39 is 18.0 Å². The van der Waals surface area contributed by atoms with Gasteiger partial charge in [-0.1, -0.05) is 0 Å². The van der Waals surface area contributed by atoms with E-state index in [1.807, 2.05) is 0 Å². The molecule has 1 unspecified atom stereocenters. The molecular weight excluding hydrogens is 240 g/mol. The Morgan fingerprint density at radius 1 is 1.44 bits per heavy atom. The number of aliphatic hydroxyl groups is 1. The summed E-state index contributed by atoms with van der Waals surface area (Å²) >= 11 is 0. The van der Waals surface area contributed by atoms with Crippen LogP contribution in [0.2, 0.25) is 0 Å². The number of aliphatic carboxylic acids is 1. The molecule has 7 heteroatoms. The Kier molecular flexibility index (Phi) is 6.45. The number of carbonyl (C=O) groups excluding carboxylic acids is 1. The highest BCUT2D eigenvalue weighted by molar-refractivity contribution is 5.82. The van der Waals surface area contributed by atoms with E-state index in [1.165, 1.54) is 0 Å². The third kappa shape index (κ3) is 5.33. The molecule has 1 saturated heterocycles. The lowest BCUT2D eigenvalue weighted by Crippen LogP contribution is -2.46. The number of hydrogen-bond donors (Lipinski definition) is 4. The van der Waals surface area contributed by atoms with Crippen LogP contribution < -0.4 is 10.6 Å². The fourth-order valence-electron chi connectivity index (χ4n) is 1.81. The van der Waals surface area contributed by atoms with Crippen LogP contribution in [-0.4, -0.2) is 54.1 Å². The van der Waals surface area contributed by atoms with Crippen molar-refractivity contribution in [2.75, 3.05) is 19.8 Å². The van der Waals surface area contributed by atoms with Crippen LogP contribution in [0.3, 0.4) is 0 Å². The van der Waals surface area contributed by atoms with Crippen molar-refractivity contribution in [2.45, 2.75) is 37.8 Å². The maximum Gasteiger partial charge on any atom is 0.326 e. The van der Waals surface area contributed by atoms with Gasteiger partial charge in [-0.2, -0.15) is 0 Å². The summed E-state index contributed by atoms with van der Waals surface area (Å²) in [5, 5.41) is 22.3. The third-order valence-corrected chi connectivity index (χ3v) is 2.80. The van der Waals surface area contributed by atoms with Crippen molar-refractivity contribution in [3.05, 3.63) is 0 Å². The number of ether oxygens (including phenoxy) is 1. The standard InChI is InChI=1S/C11H20N2O5/c14-6-4-9(10(15)16)13-11(17)12-5-3-8-2-1-7-18-8/h8-9,14H,1-7H2,(H,15,16)(H2,12,13,17)/t8?,9-/m0/s1. The van der Waals surface area contributed by atoms with Gasteiger partial charge in [0.1, 0.15) is 6.04 Å². The topological polar surface area (TPSA) is 108 Å². The number of rotatable bonds is 7. The van der Waals surface area contributed by atoms with E-state index in [0.717, 1.165) is 25.9 Å². The Morgan fingerprint density at radius 2 is 2.22 bits per heavy atom. The molecule has 2 atom stereocenters. The minimum Gasteiger partial charge on any atom is -0.480 e. The predicted octanol–water partition coefficient (Wildman–Crippen LogP) is -0.310. The normalized spacial score (nSPS) is 20.4. The van der Waals surface area contributed by atoms with Crippen molar-refractivity contribution in [3.63, 3.8) is 0 Å². The Hall–Kier alpha value is -1.34. The van der Waals surface area contributed by atoms with Gasteiger partial charge in [0.15, 0.2) is 0 Å². The number of carboxylic acid groups (broad SMARTS) is 1. The fourth-order valence-corrected chi connectivity index (χ4v) is 1.81. The summed E-state index contributed by atoms with van der Waals surface area (Å²) in [6, 6.07) is -1.59. The Balaban J connectivity index is 2.16. The van der Waals surface area contributed by atoms with E-state index >= 15 is 0 Å². The van der Waals surface area contributed by atoms with Crippen LogP contribution in [0, 0.1) is 0 Å². The zero-order chi connectivity index (χ0) is 13.4. The van der Waals surface area contributed by atoms with Gasteiger partial charge < -0.3 is 25.6 Å². The van der Waals surface area contributed by atoms with Gasteiger partial charge in [0.05, 0.1) is 6.10 Å². The van der Waals surface area contributed by atoms with E-state index in [-0.39, 0.29) is 19.1 Å². The highest BCUT2D eigenvalue weighted by Gasteiger charge is 2.19. The van der Waals surface area contributed by atoms with E-state index in [2.05, 4.69) is 10.6 Å². The monoisotopic (exact) mass is 260 g/mol. The zero-order valence-electron chi connectivity index (χ0n) is 10.2. The van der Waals surface area contributed by atoms with Crippen LogP contribution in [-0.2, 0) is 9.53 Å². The first-order valence-corrected chi connectivity index (χ1v) is 6.13. The molecule has 0 aromatic heterocycles. The highest BCUT2D eigenvalue weighted by atomic mass is 16.5. The summed E-state index contributed by atoms with van der Waals surface area (Å²) in [5.41, 5.74) is 0. The summed E-state index contributed by atoms with van der Waals surface area (Å²) in [6.07, 6.45) is 2.97. The van der Waals surface area contributed by atoms with Gasteiger partial charge in [0, 0.05) is 26.2 Å². The second-order valence-corrected chi connectivity index (χ2v) is 4.23. The molecule has 0 aromatic rings. The molecule has 0 radical (unpaired) electrons. The average Bonchev–Trinajstić information content (AvgIpc) is 2.81. The maximum atomic E-state index is 11.4. The maximum absolute atomic E-state index is 11.4. The van der Waals surface area contributed by atoms with Crippen molar-refractivity contribution in [3.8, 4) is 0 Å². The van der Waals surface area contributed by atoms with Crippen LogP contribution in [0.1, 0.15) is 25.7 Å². The number of carbonyl (C=O) groups is 2. The molecule has 1 aliphatic heterocycles. The van der Waals surface area contributed by atoms with Gasteiger partial charge in [-0.3, -0.25) is 0 Å². The molecule has 0 aliphatic carbocycles. The number of hydrogen-bond acceptors (Lipinski definition) is 4. The molecule has 18 heavy (non-hydrogen) atoms. The van der Waals surface area contributed by atoms with Crippen molar-refractivity contribution in [2.24, 2.45) is 0 Å². The molecule has 2 amide bonds. The lowest BCUT2D eigenvalue weighted by molar-refractivity contribution is -0.139. The molecule has 4 N–H and O–H groups in total. The first kappa shape index (κ1) is 14.7. The second kappa shape index (κ2) is 7.88. The molecule has 0 aromatic carbocycles. The molecule has 0 bridgehead atoms. The fraction of sp³-hybridized carbons (Fsp3) is 0.818. The van der Waals surface area contributed by atoms with Crippen LogP contribution >= 0.6 is 0 Å². The Labute approximate surface area is 106 Å². The second-order valence-electron chi connectivity index (χ2n) is 4.23. The molecular formula is C11H20N2O5. The quantitative estimate of drug-likeness (QED) is 0.502. The lowest BCUT2D eigenvalue weighted by Gasteiger charge is -2.15. The first-order valence-electron chi connectivity index (χ1n) is 6.13. The van der Waals surface area contributed by atoms with Crippen LogP contribution in [0.15, 0.2) is 0 Å². The van der Waals surface area contributed by atoms with Crippen LogP contribution in [0.5, 0.6) is 0 Å². The van der Waals surface area contributed by atoms with Gasteiger partial charge >= 0.3 is 12.0 Å². The summed E-state index contributed by atoms with van der Waals surface area (Å²) in [4.78, 5) is 22.1. The Morgan fingerprint density at radius 3 is 2.78 bits per heavy atom. The zero-order valence-corrected chi connectivity index (χ0v) is 10.2. The SMILES string of the molecule is O=C(NCCC1CCCO1)N[C@@H](CCO)C(=O)O. The Bertz CT molecular complexity index is 279. The largest absolute Gasteiger partial charge is 0.480 e.